The predicted molar refractivity (Wildman–Crippen MR) is 78.8 cm³/mol. The van der Waals surface area contributed by atoms with E-state index in [0.29, 0.717) is 0 Å². The van der Waals surface area contributed by atoms with E-state index >= 15 is 0 Å². The van der Waals surface area contributed by atoms with Gasteiger partial charge in [-0.15, -0.1) is 0 Å². The quantitative estimate of drug-likeness (QED) is 0.361. The molecule has 11 heteroatoms. The summed E-state index contributed by atoms with van der Waals surface area (Å²) in [5.41, 5.74) is 9.43. The van der Waals surface area contributed by atoms with Crippen LogP contribution in [0.4, 0.5) is 0 Å². The molecule has 0 radical (unpaired) electrons. The minimum absolute atomic E-state index is 0.0138. The number of carbonyl (C=O) groups excluding carboxylic acids is 3. The van der Waals surface area contributed by atoms with E-state index < -0.39 is 30.1 Å². The van der Waals surface area contributed by atoms with Crippen LogP contribution in [-0.4, -0.2) is 29.5 Å². The molecule has 4 N–H and O–H groups in total. The van der Waals surface area contributed by atoms with Crippen molar-refractivity contribution in [3.05, 3.63) is 46.4 Å². The molecule has 132 valence electrons. The number of benzene rings is 1. The van der Waals surface area contributed by atoms with Crippen molar-refractivity contribution < 1.29 is 33.4 Å². The van der Waals surface area contributed by atoms with E-state index in [4.69, 9.17) is 20.9 Å². The van der Waals surface area contributed by atoms with E-state index in [1.807, 2.05) is 0 Å². The maximum absolute atomic E-state index is 12.2. The fourth-order valence-electron chi connectivity index (χ4n) is 1.83. The summed E-state index contributed by atoms with van der Waals surface area (Å²) in [7, 11) is 0. The predicted octanol–water partition coefficient (Wildman–Crippen LogP) is -0.982. The lowest BCUT2D eigenvalue weighted by atomic mass is 10.2. The molecule has 0 fully saturated rings. The Hall–Kier alpha value is -3.47. The molecule has 0 saturated heterocycles. The van der Waals surface area contributed by atoms with Crippen LogP contribution >= 0.6 is 0 Å². The molecule has 25 heavy (non-hydrogen) atoms. The first-order valence-electron chi connectivity index (χ1n) is 6.99. The number of nitrogens with zero attached hydrogens (tertiary/aromatic N) is 2. The van der Waals surface area contributed by atoms with Gasteiger partial charge >= 0.3 is 11.9 Å². The van der Waals surface area contributed by atoms with Gasteiger partial charge in [-0.2, -0.15) is 0 Å². The van der Waals surface area contributed by atoms with E-state index in [9.17, 15) is 19.6 Å². The van der Waals surface area contributed by atoms with Crippen molar-refractivity contribution in [3.8, 4) is 5.75 Å². The number of carbonyl (C=O) groups is 3. The normalized spacial score (nSPS) is 10.3. The van der Waals surface area contributed by atoms with Crippen molar-refractivity contribution in [1.82, 2.24) is 5.16 Å². The number of primary amides is 1. The van der Waals surface area contributed by atoms with Gasteiger partial charge in [-0.1, -0.05) is 12.1 Å². The Labute approximate surface area is 140 Å². The van der Waals surface area contributed by atoms with Crippen LogP contribution in [0.25, 0.3) is 0 Å². The van der Waals surface area contributed by atoms with Crippen molar-refractivity contribution in [2.75, 3.05) is 6.54 Å². The Balaban J connectivity index is 2.12. The molecule has 2 rings (SSSR count). The topological polar surface area (TPSA) is 175 Å². The summed E-state index contributed by atoms with van der Waals surface area (Å²) in [6, 6.07) is 5.87. The summed E-state index contributed by atoms with van der Waals surface area (Å²) in [4.78, 5) is 34.7. The fourth-order valence-corrected chi connectivity index (χ4v) is 1.83. The molecule has 0 spiro atoms. The van der Waals surface area contributed by atoms with Crippen LogP contribution < -0.4 is 21.1 Å². The largest absolute Gasteiger partial charge is 0.453 e. The third-order valence-electron chi connectivity index (χ3n) is 2.93. The van der Waals surface area contributed by atoms with Gasteiger partial charge < -0.3 is 26.1 Å². The lowest BCUT2D eigenvalue weighted by molar-refractivity contribution is -0.803. The first-order chi connectivity index (χ1) is 11.9. The van der Waals surface area contributed by atoms with E-state index in [1.54, 1.807) is 6.07 Å². The zero-order chi connectivity index (χ0) is 18.4. The van der Waals surface area contributed by atoms with Crippen LogP contribution in [0.1, 0.15) is 33.0 Å². The maximum Gasteiger partial charge on any atom is 0.342 e. The average Bonchev–Trinajstić information content (AvgIpc) is 2.94. The molecular formula is C14H14N4O7. The molecule has 0 bridgehead atoms. The molecule has 1 aromatic carbocycles. The highest BCUT2D eigenvalue weighted by molar-refractivity contribution is 5.94. The maximum atomic E-state index is 12.2. The van der Waals surface area contributed by atoms with Crippen molar-refractivity contribution in [3.63, 3.8) is 0 Å². The standard InChI is InChI=1S/C14H14N4O7/c15-6-5-11(19)24-10-4-2-1-3-8(10)14(21)23-7-9-12(13(16)20)18(22)25-17-9/h1-4H,5-7,15H2,(H2,16,20). The average molecular weight is 350 g/mol. The molecule has 0 aliphatic carbocycles. The summed E-state index contributed by atoms with van der Waals surface area (Å²) >= 11 is 0. The highest BCUT2D eigenvalue weighted by Crippen LogP contribution is 2.20. The zero-order valence-electron chi connectivity index (χ0n) is 12.8. The number of ether oxygens (including phenoxy) is 2. The second-order valence-electron chi connectivity index (χ2n) is 4.67. The van der Waals surface area contributed by atoms with E-state index in [1.165, 1.54) is 18.2 Å². The fraction of sp³-hybridized carbons (Fsp3) is 0.214. The number of aromatic nitrogens is 2. The van der Waals surface area contributed by atoms with Gasteiger partial charge in [0, 0.05) is 11.7 Å². The summed E-state index contributed by atoms with van der Waals surface area (Å²) in [6.07, 6.45) is -0.0200. The van der Waals surface area contributed by atoms with Gasteiger partial charge in [0.2, 0.25) is 0 Å². The Kier molecular flexibility index (Phi) is 5.63. The summed E-state index contributed by atoms with van der Waals surface area (Å²) in [5, 5.41) is 14.5. The highest BCUT2D eigenvalue weighted by Gasteiger charge is 2.26. The number of para-hydroxylation sites is 1. The smallest absolute Gasteiger partial charge is 0.342 e. The van der Waals surface area contributed by atoms with Crippen LogP contribution in [-0.2, 0) is 16.1 Å². The molecule has 11 nitrogen and oxygen atoms in total. The molecule has 0 unspecified atom stereocenters. The van der Waals surface area contributed by atoms with Gasteiger partial charge in [0.15, 0.2) is 6.61 Å². The van der Waals surface area contributed by atoms with Crippen molar-refractivity contribution in [2.24, 2.45) is 11.5 Å². The van der Waals surface area contributed by atoms with E-state index in [2.05, 4.69) is 9.79 Å². The molecule has 0 aliphatic rings. The Bertz CT molecular complexity index is 802. The molecule has 0 saturated carbocycles. The minimum atomic E-state index is -1.08. The number of rotatable bonds is 7. The summed E-state index contributed by atoms with van der Waals surface area (Å²) in [5.74, 6) is -2.58. The zero-order valence-corrected chi connectivity index (χ0v) is 12.8. The van der Waals surface area contributed by atoms with Crippen LogP contribution in [0.5, 0.6) is 5.75 Å². The van der Waals surface area contributed by atoms with E-state index in [-0.39, 0.29) is 34.9 Å². The lowest BCUT2D eigenvalue weighted by Crippen LogP contribution is -2.35. The van der Waals surface area contributed by atoms with Gasteiger partial charge in [0.25, 0.3) is 17.3 Å². The van der Waals surface area contributed by atoms with Crippen LogP contribution in [0, 0.1) is 5.21 Å². The Morgan fingerprint density at radius 1 is 1.28 bits per heavy atom. The second kappa shape index (κ2) is 7.88. The molecule has 1 aromatic heterocycles. The van der Waals surface area contributed by atoms with Crippen LogP contribution in [0.3, 0.4) is 0 Å². The molecule has 1 heterocycles. The third kappa shape index (κ3) is 4.29. The van der Waals surface area contributed by atoms with Gasteiger partial charge in [0.05, 0.1) is 6.42 Å². The lowest BCUT2D eigenvalue weighted by Gasteiger charge is -2.08. The van der Waals surface area contributed by atoms with Gasteiger partial charge in [-0.05, 0) is 17.0 Å². The third-order valence-corrected chi connectivity index (χ3v) is 2.93. The Morgan fingerprint density at radius 3 is 2.68 bits per heavy atom. The number of hydrogen-bond donors (Lipinski definition) is 2. The van der Waals surface area contributed by atoms with Crippen LogP contribution in [0.2, 0.25) is 0 Å². The molecular weight excluding hydrogens is 336 g/mol. The number of hydrogen-bond acceptors (Lipinski definition) is 9. The minimum Gasteiger partial charge on any atom is -0.453 e. The van der Waals surface area contributed by atoms with Crippen molar-refractivity contribution in [2.45, 2.75) is 13.0 Å². The van der Waals surface area contributed by atoms with E-state index in [0.717, 1.165) is 0 Å². The molecule has 2 aromatic rings. The number of esters is 2. The number of nitrogens with two attached hydrogens (primary N) is 2. The molecule has 0 aliphatic heterocycles. The summed E-state index contributed by atoms with van der Waals surface area (Å²) < 4.78 is 14.2. The first-order valence-corrected chi connectivity index (χ1v) is 6.99. The SMILES string of the molecule is NCCC(=O)Oc1ccccc1C(=O)OCc1no[n+]([O-])c1C(N)=O. The van der Waals surface area contributed by atoms with Crippen molar-refractivity contribution >= 4 is 17.8 Å². The van der Waals surface area contributed by atoms with Crippen LogP contribution in [0.15, 0.2) is 28.9 Å². The summed E-state index contributed by atoms with van der Waals surface area (Å²) in [6.45, 7) is -0.441. The van der Waals surface area contributed by atoms with Gasteiger partial charge in [-0.3, -0.25) is 14.2 Å². The highest BCUT2D eigenvalue weighted by atomic mass is 16.8. The second-order valence-corrected chi connectivity index (χ2v) is 4.67. The first kappa shape index (κ1) is 17.9. The monoisotopic (exact) mass is 350 g/mol. The van der Waals surface area contributed by atoms with Gasteiger partial charge in [0.1, 0.15) is 11.3 Å². The molecule has 0 atom stereocenters. The number of amides is 1. The van der Waals surface area contributed by atoms with Crippen molar-refractivity contribution in [1.29, 1.82) is 0 Å². The Morgan fingerprint density at radius 2 is 2.00 bits per heavy atom. The molecule has 1 amide bonds. The van der Waals surface area contributed by atoms with Gasteiger partial charge in [-0.25, -0.2) is 4.79 Å².